The lowest BCUT2D eigenvalue weighted by Gasteiger charge is -2.18. The Labute approximate surface area is 136 Å². The Hall–Kier alpha value is -2.37. The zero-order valence-electron chi connectivity index (χ0n) is 13.8. The lowest BCUT2D eigenvalue weighted by Crippen LogP contribution is -2.47. The number of benzene rings is 1. The summed E-state index contributed by atoms with van der Waals surface area (Å²) in [4.78, 5) is 35.8. The molecule has 0 saturated heterocycles. The van der Waals surface area contributed by atoms with Crippen LogP contribution in [0.25, 0.3) is 0 Å². The lowest BCUT2D eigenvalue weighted by molar-refractivity contribution is -0.139. The summed E-state index contributed by atoms with van der Waals surface area (Å²) in [5.74, 6) is -1.37. The van der Waals surface area contributed by atoms with Crippen molar-refractivity contribution in [3.05, 3.63) is 35.9 Å². The number of rotatable bonds is 8. The van der Waals surface area contributed by atoms with E-state index in [0.29, 0.717) is 6.42 Å². The maximum atomic E-state index is 12.3. The second-order valence-corrected chi connectivity index (χ2v) is 5.30. The van der Waals surface area contributed by atoms with Gasteiger partial charge in [-0.05, 0) is 18.9 Å². The highest BCUT2D eigenvalue weighted by molar-refractivity contribution is 6.38. The number of unbranched alkanes of at least 4 members (excludes halogenated alkanes) is 1. The van der Waals surface area contributed by atoms with Crippen LogP contribution in [-0.2, 0) is 14.3 Å². The first kappa shape index (κ1) is 18.7. The van der Waals surface area contributed by atoms with E-state index in [1.807, 2.05) is 37.3 Å². The van der Waals surface area contributed by atoms with Gasteiger partial charge in [0.25, 0.3) is 5.91 Å². The van der Waals surface area contributed by atoms with Gasteiger partial charge < -0.3 is 15.4 Å². The smallest absolute Gasteiger partial charge is 0.407 e. The standard InChI is InChI=1S/C17H24N2O4/c1-4-5-11-14(19-17(22)23-3)15(20)16(21)18-12(2)13-9-7-6-8-10-13/h6-10,12,14H,4-5,11H2,1-3H3,(H,18,21)(H,19,22)/t12-,14+/m1/s1. The van der Waals surface area contributed by atoms with Crippen LogP contribution in [0.5, 0.6) is 0 Å². The Morgan fingerprint density at radius 3 is 2.35 bits per heavy atom. The fraction of sp³-hybridized carbons (Fsp3) is 0.471. The largest absolute Gasteiger partial charge is 0.453 e. The molecule has 0 aliphatic heterocycles. The van der Waals surface area contributed by atoms with Crippen LogP contribution in [0, 0.1) is 0 Å². The van der Waals surface area contributed by atoms with Crippen molar-refractivity contribution in [3.63, 3.8) is 0 Å². The van der Waals surface area contributed by atoms with Gasteiger partial charge in [0.2, 0.25) is 5.78 Å². The quantitative estimate of drug-likeness (QED) is 0.720. The van der Waals surface area contributed by atoms with Gasteiger partial charge in [-0.1, -0.05) is 50.1 Å². The molecule has 6 nitrogen and oxygen atoms in total. The summed E-state index contributed by atoms with van der Waals surface area (Å²) in [6, 6.07) is 8.19. The van der Waals surface area contributed by atoms with Gasteiger partial charge in [0.15, 0.2) is 0 Å². The van der Waals surface area contributed by atoms with E-state index in [1.54, 1.807) is 6.92 Å². The van der Waals surface area contributed by atoms with E-state index < -0.39 is 23.8 Å². The van der Waals surface area contributed by atoms with Gasteiger partial charge in [0.1, 0.15) is 6.04 Å². The molecule has 0 saturated carbocycles. The van der Waals surface area contributed by atoms with Crippen LogP contribution < -0.4 is 10.6 Å². The number of methoxy groups -OCH3 is 1. The van der Waals surface area contributed by atoms with Gasteiger partial charge in [-0.15, -0.1) is 0 Å². The van der Waals surface area contributed by atoms with Crippen molar-refractivity contribution in [3.8, 4) is 0 Å². The summed E-state index contributed by atoms with van der Waals surface area (Å²) in [5.41, 5.74) is 0.902. The lowest BCUT2D eigenvalue weighted by atomic mass is 10.0. The van der Waals surface area contributed by atoms with Crippen LogP contribution in [-0.4, -0.2) is 30.9 Å². The highest BCUT2D eigenvalue weighted by atomic mass is 16.5. The molecule has 1 rings (SSSR count). The molecule has 0 heterocycles. The Kier molecular flexibility index (Phi) is 7.80. The van der Waals surface area contributed by atoms with E-state index in [0.717, 1.165) is 18.4 Å². The Bertz CT molecular complexity index is 531. The maximum Gasteiger partial charge on any atom is 0.407 e. The fourth-order valence-corrected chi connectivity index (χ4v) is 2.13. The van der Waals surface area contributed by atoms with E-state index in [-0.39, 0.29) is 6.04 Å². The Morgan fingerprint density at radius 1 is 1.13 bits per heavy atom. The predicted molar refractivity (Wildman–Crippen MR) is 86.9 cm³/mol. The molecule has 0 bridgehead atoms. The molecule has 2 N–H and O–H groups in total. The highest BCUT2D eigenvalue weighted by Gasteiger charge is 2.27. The number of hydrogen-bond donors (Lipinski definition) is 2. The molecule has 0 unspecified atom stereocenters. The highest BCUT2D eigenvalue weighted by Crippen LogP contribution is 2.11. The van der Waals surface area contributed by atoms with Crippen molar-refractivity contribution in [1.29, 1.82) is 0 Å². The fourth-order valence-electron chi connectivity index (χ4n) is 2.13. The van der Waals surface area contributed by atoms with Crippen LogP contribution in [0.4, 0.5) is 4.79 Å². The monoisotopic (exact) mass is 320 g/mol. The minimum absolute atomic E-state index is 0.294. The minimum atomic E-state index is -0.870. The van der Waals surface area contributed by atoms with Crippen molar-refractivity contribution in [2.45, 2.75) is 45.2 Å². The molecule has 6 heteroatoms. The molecule has 126 valence electrons. The molecule has 23 heavy (non-hydrogen) atoms. The number of ether oxygens (including phenoxy) is 1. The van der Waals surface area contributed by atoms with E-state index >= 15 is 0 Å². The van der Waals surface area contributed by atoms with Crippen molar-refractivity contribution < 1.29 is 19.1 Å². The number of ketones is 1. The van der Waals surface area contributed by atoms with Crippen LogP contribution in [0.15, 0.2) is 30.3 Å². The van der Waals surface area contributed by atoms with Crippen LogP contribution in [0.3, 0.4) is 0 Å². The number of hydrogen-bond acceptors (Lipinski definition) is 4. The van der Waals surface area contributed by atoms with Crippen molar-refractivity contribution in [2.24, 2.45) is 0 Å². The van der Waals surface area contributed by atoms with Crippen molar-refractivity contribution in [1.82, 2.24) is 10.6 Å². The van der Waals surface area contributed by atoms with Crippen molar-refractivity contribution in [2.75, 3.05) is 7.11 Å². The van der Waals surface area contributed by atoms with Gasteiger partial charge in [-0.3, -0.25) is 9.59 Å². The third-order valence-corrected chi connectivity index (χ3v) is 3.51. The first-order valence-corrected chi connectivity index (χ1v) is 7.73. The number of carbonyl (C=O) groups is 3. The van der Waals surface area contributed by atoms with E-state index in [1.165, 1.54) is 7.11 Å². The van der Waals surface area contributed by atoms with E-state index in [9.17, 15) is 14.4 Å². The van der Waals surface area contributed by atoms with Gasteiger partial charge in [0, 0.05) is 0 Å². The summed E-state index contributed by atoms with van der Waals surface area (Å²) in [7, 11) is 1.22. The molecule has 0 aromatic heterocycles. The van der Waals surface area contributed by atoms with E-state index in [2.05, 4.69) is 15.4 Å². The number of alkyl carbamates (subject to hydrolysis) is 1. The second kappa shape index (κ2) is 9.61. The normalized spacial score (nSPS) is 12.8. The Balaban J connectivity index is 2.70. The van der Waals surface area contributed by atoms with Crippen LogP contribution in [0.1, 0.15) is 44.7 Å². The SMILES string of the molecule is CCCC[C@H](NC(=O)OC)C(=O)C(=O)N[C@H](C)c1ccccc1. The Morgan fingerprint density at radius 2 is 1.78 bits per heavy atom. The summed E-state index contributed by atoms with van der Waals surface area (Å²) < 4.78 is 4.51. The second-order valence-electron chi connectivity index (χ2n) is 5.30. The number of Topliss-reactive ketones (excluding diaryl/α,β-unsaturated/α-hetero) is 1. The maximum absolute atomic E-state index is 12.3. The average Bonchev–Trinajstić information content (AvgIpc) is 2.58. The molecular formula is C17H24N2O4. The molecular weight excluding hydrogens is 296 g/mol. The first-order chi connectivity index (χ1) is 11.0. The van der Waals surface area contributed by atoms with Crippen LogP contribution >= 0.6 is 0 Å². The predicted octanol–water partition coefficient (Wildman–Crippen LogP) is 2.35. The summed E-state index contributed by atoms with van der Waals surface area (Å²) in [6.07, 6.45) is 1.26. The summed E-state index contributed by atoms with van der Waals surface area (Å²) in [6.45, 7) is 3.77. The molecule has 0 aliphatic rings. The van der Waals surface area contributed by atoms with Gasteiger partial charge in [-0.2, -0.15) is 0 Å². The third kappa shape index (κ3) is 6.10. The number of nitrogens with one attached hydrogen (secondary N) is 2. The molecule has 0 radical (unpaired) electrons. The van der Waals surface area contributed by atoms with Gasteiger partial charge in [0.05, 0.1) is 13.2 Å². The summed E-state index contributed by atoms with van der Waals surface area (Å²) >= 11 is 0. The molecule has 2 atom stereocenters. The third-order valence-electron chi connectivity index (χ3n) is 3.51. The topological polar surface area (TPSA) is 84.5 Å². The zero-order valence-corrected chi connectivity index (χ0v) is 13.8. The van der Waals surface area contributed by atoms with Crippen molar-refractivity contribution >= 4 is 17.8 Å². The molecule has 0 aliphatic carbocycles. The van der Waals surface area contributed by atoms with Gasteiger partial charge >= 0.3 is 6.09 Å². The first-order valence-electron chi connectivity index (χ1n) is 7.73. The minimum Gasteiger partial charge on any atom is -0.453 e. The zero-order chi connectivity index (χ0) is 17.2. The average molecular weight is 320 g/mol. The summed E-state index contributed by atoms with van der Waals surface area (Å²) in [5, 5.41) is 5.09. The number of carbonyl (C=O) groups excluding carboxylic acids is 3. The molecule has 2 amide bonds. The molecule has 0 spiro atoms. The van der Waals surface area contributed by atoms with Crippen LogP contribution in [0.2, 0.25) is 0 Å². The van der Waals surface area contributed by atoms with Gasteiger partial charge in [-0.25, -0.2) is 4.79 Å². The van der Waals surface area contributed by atoms with E-state index in [4.69, 9.17) is 0 Å². The molecule has 0 fully saturated rings. The number of amides is 2. The molecule has 1 aromatic rings. The molecule has 1 aromatic carbocycles.